The molecule has 0 spiro atoms. The van der Waals surface area contributed by atoms with Gasteiger partial charge in [-0.1, -0.05) is 30.0 Å². The number of nitrogens with zero attached hydrogens (tertiary/aromatic N) is 2. The molecule has 4 aliphatic rings. The number of rotatable bonds is 6. The van der Waals surface area contributed by atoms with E-state index >= 15 is 0 Å². The average molecular weight is 534 g/mol. The third kappa shape index (κ3) is 4.57. The monoisotopic (exact) mass is 533 g/mol. The Balaban J connectivity index is 1.25. The SMILES string of the molecule is Cc1cc(Oc2ccccc2)ccc1N1C(=O)NC2=C(C(=O)N[C@H]3CCC[C@@H]3N(C)C)SC3NCCC1C23. The molecule has 1 saturated carbocycles. The number of aryl methyl sites for hydroxylation is 1. The minimum absolute atomic E-state index is 0.0246. The summed E-state index contributed by atoms with van der Waals surface area (Å²) in [6, 6.07) is 15.8. The fourth-order valence-corrected chi connectivity index (χ4v) is 7.85. The van der Waals surface area contributed by atoms with Gasteiger partial charge in [-0.25, -0.2) is 4.79 Å². The molecule has 200 valence electrons. The Hall–Kier alpha value is -3.01. The summed E-state index contributed by atoms with van der Waals surface area (Å²) in [5.74, 6) is 1.47. The topological polar surface area (TPSA) is 85.9 Å². The summed E-state index contributed by atoms with van der Waals surface area (Å²) in [5, 5.41) is 10.1. The zero-order chi connectivity index (χ0) is 26.4. The maximum atomic E-state index is 13.6. The Morgan fingerprint density at radius 1 is 1.11 bits per heavy atom. The minimum Gasteiger partial charge on any atom is -0.457 e. The summed E-state index contributed by atoms with van der Waals surface area (Å²) in [7, 11) is 4.14. The molecular formula is C29H35N5O3S. The molecular weight excluding hydrogens is 498 g/mol. The van der Waals surface area contributed by atoms with Crippen LogP contribution in [0.5, 0.6) is 11.5 Å². The summed E-state index contributed by atoms with van der Waals surface area (Å²) >= 11 is 1.56. The van der Waals surface area contributed by atoms with Gasteiger partial charge in [0.15, 0.2) is 0 Å². The minimum atomic E-state index is -0.179. The van der Waals surface area contributed by atoms with Gasteiger partial charge < -0.3 is 25.6 Å². The highest BCUT2D eigenvalue weighted by Crippen LogP contribution is 2.48. The highest BCUT2D eigenvalue weighted by Gasteiger charge is 2.52. The Morgan fingerprint density at radius 3 is 2.68 bits per heavy atom. The van der Waals surface area contributed by atoms with Crippen LogP contribution < -0.4 is 25.6 Å². The molecule has 3 N–H and O–H groups in total. The number of thioether (sulfide) groups is 1. The quantitative estimate of drug-likeness (QED) is 0.517. The number of anilines is 1. The van der Waals surface area contributed by atoms with Crippen molar-refractivity contribution >= 4 is 29.4 Å². The Bertz CT molecular complexity index is 1270. The molecule has 8 nitrogen and oxygen atoms in total. The Labute approximate surface area is 228 Å². The number of likely N-dealkylation sites (N-methyl/N-ethyl adjacent to an activating group) is 1. The van der Waals surface area contributed by atoms with Crippen molar-refractivity contribution in [2.45, 2.75) is 56.1 Å². The smallest absolute Gasteiger partial charge is 0.326 e. The number of piperidine rings is 1. The number of para-hydroxylation sites is 1. The lowest BCUT2D eigenvalue weighted by Gasteiger charge is -2.46. The number of benzene rings is 2. The van der Waals surface area contributed by atoms with Crippen LogP contribution in [0.15, 0.2) is 59.1 Å². The van der Waals surface area contributed by atoms with Crippen LogP contribution in [0.2, 0.25) is 0 Å². The summed E-state index contributed by atoms with van der Waals surface area (Å²) in [6.07, 6.45) is 4.01. The molecule has 2 aromatic carbocycles. The predicted octanol–water partition coefficient (Wildman–Crippen LogP) is 4.18. The number of urea groups is 1. The van der Waals surface area contributed by atoms with Gasteiger partial charge in [0.25, 0.3) is 5.91 Å². The molecule has 3 unspecified atom stereocenters. The van der Waals surface area contributed by atoms with Crippen LogP contribution in [0.1, 0.15) is 31.2 Å². The predicted molar refractivity (Wildman–Crippen MR) is 150 cm³/mol. The normalized spacial score (nSPS) is 28.4. The van der Waals surface area contributed by atoms with Crippen LogP contribution in [0.4, 0.5) is 10.5 Å². The zero-order valence-electron chi connectivity index (χ0n) is 22.1. The van der Waals surface area contributed by atoms with E-state index in [1.807, 2.05) is 60.4 Å². The third-order valence-corrected chi connectivity index (χ3v) is 9.57. The van der Waals surface area contributed by atoms with Crippen molar-refractivity contribution in [1.82, 2.24) is 20.9 Å². The van der Waals surface area contributed by atoms with E-state index in [0.29, 0.717) is 10.9 Å². The fraction of sp³-hybridized carbons (Fsp3) is 0.448. The van der Waals surface area contributed by atoms with Crippen molar-refractivity contribution < 1.29 is 14.3 Å². The molecule has 38 heavy (non-hydrogen) atoms. The molecule has 6 rings (SSSR count). The van der Waals surface area contributed by atoms with Crippen LogP contribution in [0.25, 0.3) is 0 Å². The van der Waals surface area contributed by atoms with Crippen molar-refractivity contribution in [3.63, 3.8) is 0 Å². The van der Waals surface area contributed by atoms with E-state index in [1.165, 1.54) is 0 Å². The van der Waals surface area contributed by atoms with Crippen LogP contribution >= 0.6 is 11.8 Å². The van der Waals surface area contributed by atoms with E-state index in [-0.39, 0.29) is 35.3 Å². The largest absolute Gasteiger partial charge is 0.457 e. The standard InChI is InChI=1S/C29H35N5O3S/c1-17-16-19(37-18-8-5-4-6-9-18)12-13-21(17)34-23-14-15-30-28-24(23)25(32-29(34)36)26(38-28)27(35)31-20-10-7-11-22(20)33(2)3/h4-6,8-9,12-13,16,20,22-24,28,30H,7,10-11,14-15H2,1-3H3,(H,31,35)(H,32,36)/t20-,22-,23?,24?,28?/m0/s1. The number of ether oxygens (including phenoxy) is 1. The lowest BCUT2D eigenvalue weighted by atomic mass is 9.86. The van der Waals surface area contributed by atoms with E-state index in [2.05, 4.69) is 34.9 Å². The second-order valence-electron chi connectivity index (χ2n) is 10.8. The fourth-order valence-electron chi connectivity index (χ4n) is 6.45. The van der Waals surface area contributed by atoms with E-state index in [1.54, 1.807) is 11.8 Å². The van der Waals surface area contributed by atoms with Gasteiger partial charge in [-0.2, -0.15) is 0 Å². The maximum Gasteiger partial charge on any atom is 0.326 e. The second-order valence-corrected chi connectivity index (χ2v) is 12.0. The highest BCUT2D eigenvalue weighted by atomic mass is 32.2. The molecule has 3 fully saturated rings. The van der Waals surface area contributed by atoms with Gasteiger partial charge in [-0.3, -0.25) is 9.69 Å². The van der Waals surface area contributed by atoms with Crippen LogP contribution in [-0.4, -0.2) is 61.0 Å². The van der Waals surface area contributed by atoms with E-state index in [4.69, 9.17) is 4.74 Å². The summed E-state index contributed by atoms with van der Waals surface area (Å²) < 4.78 is 6.01. The van der Waals surface area contributed by atoms with Crippen molar-refractivity contribution in [2.24, 2.45) is 5.92 Å². The Morgan fingerprint density at radius 2 is 1.92 bits per heavy atom. The van der Waals surface area contributed by atoms with Crippen molar-refractivity contribution in [3.05, 3.63) is 64.7 Å². The molecule has 5 atom stereocenters. The van der Waals surface area contributed by atoms with Gasteiger partial charge in [0, 0.05) is 29.4 Å². The number of hydrogen-bond donors (Lipinski definition) is 3. The lowest BCUT2D eigenvalue weighted by Crippen LogP contribution is -2.62. The maximum absolute atomic E-state index is 13.6. The third-order valence-electron chi connectivity index (χ3n) is 8.21. The summed E-state index contributed by atoms with van der Waals surface area (Å²) in [5.41, 5.74) is 2.61. The molecule has 0 aromatic heterocycles. The molecule has 1 aliphatic carbocycles. The second kappa shape index (κ2) is 10.3. The van der Waals surface area contributed by atoms with E-state index in [9.17, 15) is 9.59 Å². The van der Waals surface area contributed by atoms with Gasteiger partial charge in [0.05, 0.1) is 16.3 Å². The first-order chi connectivity index (χ1) is 18.4. The lowest BCUT2D eigenvalue weighted by molar-refractivity contribution is -0.117. The Kier molecular flexibility index (Phi) is 6.84. The number of nitrogens with one attached hydrogen (secondary N) is 3. The van der Waals surface area contributed by atoms with Gasteiger partial charge in [-0.05, 0) is 89.1 Å². The summed E-state index contributed by atoms with van der Waals surface area (Å²) in [4.78, 5) is 31.8. The highest BCUT2D eigenvalue weighted by molar-refractivity contribution is 8.04. The van der Waals surface area contributed by atoms with Crippen molar-refractivity contribution in [2.75, 3.05) is 25.5 Å². The zero-order valence-corrected chi connectivity index (χ0v) is 22.9. The number of hydrogen-bond acceptors (Lipinski definition) is 6. The van der Waals surface area contributed by atoms with Crippen molar-refractivity contribution in [3.8, 4) is 11.5 Å². The molecule has 3 amide bonds. The summed E-state index contributed by atoms with van der Waals surface area (Å²) in [6.45, 7) is 2.81. The first-order valence-corrected chi connectivity index (χ1v) is 14.3. The molecule has 9 heteroatoms. The molecule has 2 saturated heterocycles. The van der Waals surface area contributed by atoms with E-state index < -0.39 is 0 Å². The van der Waals surface area contributed by atoms with Gasteiger partial charge >= 0.3 is 6.03 Å². The van der Waals surface area contributed by atoms with E-state index in [0.717, 1.165) is 60.7 Å². The molecule has 3 aliphatic heterocycles. The number of amides is 3. The van der Waals surface area contributed by atoms with Crippen molar-refractivity contribution in [1.29, 1.82) is 0 Å². The van der Waals surface area contributed by atoms with Gasteiger partial charge in [0.2, 0.25) is 0 Å². The molecule has 0 radical (unpaired) electrons. The first-order valence-electron chi connectivity index (χ1n) is 13.5. The molecule has 3 heterocycles. The van der Waals surface area contributed by atoms with Crippen LogP contribution in [0, 0.1) is 12.8 Å². The van der Waals surface area contributed by atoms with Crippen LogP contribution in [0.3, 0.4) is 0 Å². The number of carbonyl (C=O) groups is 2. The molecule has 2 aromatic rings. The van der Waals surface area contributed by atoms with Crippen LogP contribution in [-0.2, 0) is 4.79 Å². The van der Waals surface area contributed by atoms with Gasteiger partial charge in [0.1, 0.15) is 11.5 Å². The molecule has 0 bridgehead atoms. The first kappa shape index (κ1) is 25.3. The van der Waals surface area contributed by atoms with Gasteiger partial charge in [-0.15, -0.1) is 0 Å². The average Bonchev–Trinajstić information content (AvgIpc) is 3.51. The number of carbonyl (C=O) groups excluding carboxylic acids is 2.